The predicted molar refractivity (Wildman–Crippen MR) is 57.3 cm³/mol. The van der Waals surface area contributed by atoms with Crippen molar-refractivity contribution >= 4 is 5.91 Å². The van der Waals surface area contributed by atoms with Crippen LogP contribution in [0.15, 0.2) is 30.3 Å². The van der Waals surface area contributed by atoms with E-state index in [0.717, 1.165) is 5.56 Å². The molecule has 0 aliphatic heterocycles. The fourth-order valence-electron chi connectivity index (χ4n) is 1.38. The summed E-state index contributed by atoms with van der Waals surface area (Å²) in [5.74, 6) is -1.03. The van der Waals surface area contributed by atoms with E-state index in [-0.39, 0.29) is 6.54 Å². The van der Waals surface area contributed by atoms with Gasteiger partial charge < -0.3 is 11.1 Å². The molecule has 0 spiro atoms. The molecule has 1 aromatic rings. The Bertz CT molecular complexity index is 330. The molecule has 16 heavy (non-hydrogen) atoms. The molecule has 0 radical (unpaired) electrons. The molecule has 0 bridgehead atoms. The maximum Gasteiger partial charge on any atom is 0.255 e. The Balaban J connectivity index is 2.64. The maximum atomic E-state index is 11.9. The monoisotopic (exact) mass is 228 g/mol. The Morgan fingerprint density at radius 2 is 1.94 bits per heavy atom. The molecule has 1 unspecified atom stereocenters. The third kappa shape index (κ3) is 3.58. The number of rotatable bonds is 5. The molecule has 1 rings (SSSR count). The standard InChI is InChI=1S/C11H14F2N2O/c12-10(13)7-15-11(16)9(6-14)8-4-2-1-3-5-8/h1-5,9-10H,6-7,14H2,(H,15,16). The van der Waals surface area contributed by atoms with Crippen molar-refractivity contribution < 1.29 is 13.6 Å². The summed E-state index contributed by atoms with van der Waals surface area (Å²) in [6.45, 7) is -0.540. The van der Waals surface area contributed by atoms with Gasteiger partial charge in [-0.1, -0.05) is 30.3 Å². The fourth-order valence-corrected chi connectivity index (χ4v) is 1.38. The zero-order valence-electron chi connectivity index (χ0n) is 8.70. The summed E-state index contributed by atoms with van der Waals surface area (Å²) in [6.07, 6.45) is -2.54. The van der Waals surface area contributed by atoms with Crippen LogP contribution in [0.25, 0.3) is 0 Å². The van der Waals surface area contributed by atoms with Crippen LogP contribution in [-0.2, 0) is 4.79 Å². The Kier molecular flexibility index (Phi) is 4.85. The molecule has 1 atom stereocenters. The third-order valence-corrected chi connectivity index (χ3v) is 2.18. The first kappa shape index (κ1) is 12.6. The van der Waals surface area contributed by atoms with E-state index in [1.807, 2.05) is 6.07 Å². The lowest BCUT2D eigenvalue weighted by Gasteiger charge is -2.14. The van der Waals surface area contributed by atoms with Crippen LogP contribution in [0.4, 0.5) is 8.78 Å². The number of hydrogen-bond donors (Lipinski definition) is 2. The zero-order valence-corrected chi connectivity index (χ0v) is 8.70. The van der Waals surface area contributed by atoms with Gasteiger partial charge >= 0.3 is 0 Å². The number of benzene rings is 1. The molecule has 0 aliphatic rings. The minimum absolute atomic E-state index is 0.0963. The first-order valence-electron chi connectivity index (χ1n) is 4.96. The van der Waals surface area contributed by atoms with Gasteiger partial charge in [0.2, 0.25) is 5.91 Å². The Morgan fingerprint density at radius 3 is 2.44 bits per heavy atom. The van der Waals surface area contributed by atoms with Gasteiger partial charge in [0, 0.05) is 6.54 Å². The summed E-state index contributed by atoms with van der Waals surface area (Å²) >= 11 is 0. The van der Waals surface area contributed by atoms with Gasteiger partial charge in [-0.25, -0.2) is 8.78 Å². The molecule has 1 amide bonds. The van der Waals surface area contributed by atoms with Crippen LogP contribution < -0.4 is 11.1 Å². The van der Waals surface area contributed by atoms with Crippen molar-refractivity contribution in [1.29, 1.82) is 0 Å². The van der Waals surface area contributed by atoms with E-state index in [9.17, 15) is 13.6 Å². The van der Waals surface area contributed by atoms with Crippen LogP contribution in [0.2, 0.25) is 0 Å². The van der Waals surface area contributed by atoms with Crippen molar-refractivity contribution in [2.75, 3.05) is 13.1 Å². The minimum Gasteiger partial charge on any atom is -0.350 e. The van der Waals surface area contributed by atoms with Crippen molar-refractivity contribution in [3.63, 3.8) is 0 Å². The first-order valence-corrected chi connectivity index (χ1v) is 4.96. The maximum absolute atomic E-state index is 11.9. The highest BCUT2D eigenvalue weighted by Gasteiger charge is 2.19. The lowest BCUT2D eigenvalue weighted by Crippen LogP contribution is -2.36. The SMILES string of the molecule is NCC(C(=O)NCC(F)F)c1ccccc1. The van der Waals surface area contributed by atoms with Crippen LogP contribution in [0, 0.1) is 0 Å². The number of nitrogens with two attached hydrogens (primary N) is 1. The predicted octanol–water partition coefficient (Wildman–Crippen LogP) is 1.11. The van der Waals surface area contributed by atoms with Crippen LogP contribution in [0.5, 0.6) is 0 Å². The topological polar surface area (TPSA) is 55.1 Å². The number of hydrogen-bond acceptors (Lipinski definition) is 2. The summed E-state index contributed by atoms with van der Waals surface area (Å²) in [6, 6.07) is 8.86. The van der Waals surface area contributed by atoms with E-state index < -0.39 is 24.8 Å². The quantitative estimate of drug-likeness (QED) is 0.793. The van der Waals surface area contributed by atoms with Gasteiger partial charge in [-0.2, -0.15) is 0 Å². The average Bonchev–Trinajstić information content (AvgIpc) is 2.29. The smallest absolute Gasteiger partial charge is 0.255 e. The summed E-state index contributed by atoms with van der Waals surface area (Å²) in [5, 5.41) is 2.16. The molecular formula is C11H14F2N2O. The lowest BCUT2D eigenvalue weighted by molar-refractivity contribution is -0.123. The van der Waals surface area contributed by atoms with Crippen molar-refractivity contribution in [3.8, 4) is 0 Å². The molecule has 0 saturated carbocycles. The Morgan fingerprint density at radius 1 is 1.31 bits per heavy atom. The van der Waals surface area contributed by atoms with Gasteiger partial charge in [0.1, 0.15) is 0 Å². The third-order valence-electron chi connectivity index (χ3n) is 2.18. The second kappa shape index (κ2) is 6.17. The first-order chi connectivity index (χ1) is 7.65. The van der Waals surface area contributed by atoms with Gasteiger partial charge in [0.15, 0.2) is 0 Å². The van der Waals surface area contributed by atoms with Gasteiger partial charge in [0.05, 0.1) is 12.5 Å². The van der Waals surface area contributed by atoms with Crippen molar-refractivity contribution in [2.45, 2.75) is 12.3 Å². The average molecular weight is 228 g/mol. The minimum atomic E-state index is -2.54. The van der Waals surface area contributed by atoms with Gasteiger partial charge in [-0.3, -0.25) is 4.79 Å². The molecule has 3 N–H and O–H groups in total. The number of halogens is 2. The fraction of sp³-hybridized carbons (Fsp3) is 0.364. The molecule has 1 aromatic carbocycles. The van der Waals surface area contributed by atoms with Gasteiger partial charge in [0.25, 0.3) is 6.43 Å². The molecule has 0 heterocycles. The number of amides is 1. The Labute approximate surface area is 92.6 Å². The van der Waals surface area contributed by atoms with Crippen LogP contribution in [0.1, 0.15) is 11.5 Å². The highest BCUT2D eigenvalue weighted by molar-refractivity contribution is 5.83. The number of alkyl halides is 2. The summed E-state index contributed by atoms with van der Waals surface area (Å²) in [7, 11) is 0. The van der Waals surface area contributed by atoms with E-state index in [4.69, 9.17) is 5.73 Å². The van der Waals surface area contributed by atoms with Crippen LogP contribution in [-0.4, -0.2) is 25.4 Å². The highest BCUT2D eigenvalue weighted by Crippen LogP contribution is 2.14. The van der Waals surface area contributed by atoms with Crippen LogP contribution >= 0.6 is 0 Å². The second-order valence-corrected chi connectivity index (χ2v) is 3.34. The second-order valence-electron chi connectivity index (χ2n) is 3.34. The molecule has 0 aromatic heterocycles. The molecule has 0 saturated heterocycles. The lowest BCUT2D eigenvalue weighted by atomic mass is 9.98. The normalized spacial score (nSPS) is 12.5. The number of carbonyl (C=O) groups excluding carboxylic acids is 1. The van der Waals surface area contributed by atoms with Crippen LogP contribution in [0.3, 0.4) is 0 Å². The molecule has 0 fully saturated rings. The van der Waals surface area contributed by atoms with Gasteiger partial charge in [-0.15, -0.1) is 0 Å². The summed E-state index contributed by atoms with van der Waals surface area (Å²) in [5.41, 5.74) is 6.20. The molecular weight excluding hydrogens is 214 g/mol. The van der Waals surface area contributed by atoms with Crippen molar-refractivity contribution in [2.24, 2.45) is 5.73 Å². The van der Waals surface area contributed by atoms with E-state index in [0.29, 0.717) is 0 Å². The molecule has 88 valence electrons. The summed E-state index contributed by atoms with van der Waals surface area (Å²) < 4.78 is 23.8. The highest BCUT2D eigenvalue weighted by atomic mass is 19.3. The van der Waals surface area contributed by atoms with Crippen molar-refractivity contribution in [1.82, 2.24) is 5.32 Å². The van der Waals surface area contributed by atoms with E-state index in [1.165, 1.54) is 0 Å². The molecule has 0 aliphatic carbocycles. The largest absolute Gasteiger partial charge is 0.350 e. The van der Waals surface area contributed by atoms with E-state index in [1.54, 1.807) is 24.3 Å². The Hall–Kier alpha value is -1.49. The number of nitrogens with one attached hydrogen (secondary N) is 1. The molecule has 3 nitrogen and oxygen atoms in total. The van der Waals surface area contributed by atoms with Gasteiger partial charge in [-0.05, 0) is 5.56 Å². The van der Waals surface area contributed by atoms with Crippen molar-refractivity contribution in [3.05, 3.63) is 35.9 Å². The number of carbonyl (C=O) groups is 1. The molecule has 5 heteroatoms. The van der Waals surface area contributed by atoms with E-state index >= 15 is 0 Å². The summed E-state index contributed by atoms with van der Waals surface area (Å²) in [4.78, 5) is 11.6. The zero-order chi connectivity index (χ0) is 12.0. The van der Waals surface area contributed by atoms with E-state index in [2.05, 4.69) is 5.32 Å².